The molecule has 2 aromatic rings. The number of oxime groups is 1. The van der Waals surface area contributed by atoms with Crippen molar-refractivity contribution in [1.82, 2.24) is 0 Å². The molecule has 0 aromatic heterocycles. The van der Waals surface area contributed by atoms with Crippen LogP contribution in [0.5, 0.6) is 0 Å². The number of benzene rings is 2. The molecule has 0 aliphatic heterocycles. The minimum Gasteiger partial charge on any atom is -0.464 e. The number of ether oxygens (including phenoxy) is 1. The van der Waals surface area contributed by atoms with Crippen LogP contribution < -0.4 is 4.90 Å². The van der Waals surface area contributed by atoms with Crippen LogP contribution in [0.1, 0.15) is 43.6 Å². The third-order valence-electron chi connectivity index (χ3n) is 4.54. The lowest BCUT2D eigenvalue weighted by atomic mass is 10.1. The molecule has 1 unspecified atom stereocenters. The Labute approximate surface area is 167 Å². The second-order valence-corrected chi connectivity index (χ2v) is 6.61. The first-order valence-corrected chi connectivity index (χ1v) is 9.23. The number of methoxy groups -OCH3 is 1. The number of carbonyl (C=O) groups excluding carboxylic acids is 1. The number of anilines is 1. The zero-order valence-electron chi connectivity index (χ0n) is 17.4. The van der Waals surface area contributed by atoms with Crippen molar-refractivity contribution in [2.75, 3.05) is 19.1 Å². The van der Waals surface area contributed by atoms with Crippen molar-refractivity contribution in [1.29, 1.82) is 0 Å². The van der Waals surface area contributed by atoms with E-state index in [0.29, 0.717) is 5.70 Å². The molecule has 0 amide bonds. The van der Waals surface area contributed by atoms with E-state index in [1.807, 2.05) is 57.3 Å². The molecule has 5 nitrogen and oxygen atoms in total. The summed E-state index contributed by atoms with van der Waals surface area (Å²) in [5, 5.41) is 4.31. The monoisotopic (exact) mass is 380 g/mol. The standard InChI is InChI=1S/C23H28N2O3/c1-7-22(23(26)27-6)25(5)21-13-9-11-19(15-21)17(3)24-28-18(4)20-12-8-10-16(2)14-20/h7-15,18H,1-6H3. The molecule has 0 spiro atoms. The lowest BCUT2D eigenvalue weighted by Crippen LogP contribution is -2.24. The van der Waals surface area contributed by atoms with Gasteiger partial charge in [-0.2, -0.15) is 0 Å². The maximum absolute atomic E-state index is 11.9. The van der Waals surface area contributed by atoms with Crippen molar-refractivity contribution >= 4 is 17.4 Å². The molecule has 0 aliphatic carbocycles. The number of aryl methyl sites for hydroxylation is 1. The van der Waals surface area contributed by atoms with Crippen molar-refractivity contribution in [2.24, 2.45) is 5.16 Å². The molecule has 0 radical (unpaired) electrons. The lowest BCUT2D eigenvalue weighted by molar-refractivity contribution is -0.136. The number of carbonyl (C=O) groups is 1. The number of nitrogens with zero attached hydrogens (tertiary/aromatic N) is 2. The number of rotatable bonds is 7. The molecule has 2 rings (SSSR count). The summed E-state index contributed by atoms with van der Waals surface area (Å²) in [7, 11) is 3.20. The summed E-state index contributed by atoms with van der Waals surface area (Å²) in [6, 6.07) is 16.0. The smallest absolute Gasteiger partial charge is 0.354 e. The van der Waals surface area contributed by atoms with Crippen LogP contribution in [0.4, 0.5) is 5.69 Å². The van der Waals surface area contributed by atoms with E-state index in [0.717, 1.165) is 22.5 Å². The Hall–Kier alpha value is -3.08. The Morgan fingerprint density at radius 2 is 1.89 bits per heavy atom. The van der Waals surface area contributed by atoms with E-state index in [-0.39, 0.29) is 12.1 Å². The first kappa shape index (κ1) is 21.2. The Morgan fingerprint density at radius 1 is 1.18 bits per heavy atom. The van der Waals surface area contributed by atoms with Crippen LogP contribution in [0.25, 0.3) is 0 Å². The van der Waals surface area contributed by atoms with Crippen molar-refractivity contribution in [3.8, 4) is 0 Å². The third kappa shape index (κ3) is 5.22. The zero-order valence-corrected chi connectivity index (χ0v) is 17.4. The van der Waals surface area contributed by atoms with E-state index in [1.165, 1.54) is 12.7 Å². The number of likely N-dealkylation sites (N-methyl/N-ethyl adjacent to an activating group) is 1. The summed E-state index contributed by atoms with van der Waals surface area (Å²) < 4.78 is 4.85. The number of hydrogen-bond donors (Lipinski definition) is 0. The van der Waals surface area contributed by atoms with Gasteiger partial charge in [-0.3, -0.25) is 0 Å². The average molecular weight is 380 g/mol. The Balaban J connectivity index is 2.18. The summed E-state index contributed by atoms with van der Waals surface area (Å²) in [5.74, 6) is -0.379. The SMILES string of the molecule is CC=C(C(=O)OC)N(C)c1cccc(C(C)=NOC(C)c2cccc(C)c2)c1. The molecule has 0 N–H and O–H groups in total. The quantitative estimate of drug-likeness (QED) is 0.293. The summed E-state index contributed by atoms with van der Waals surface area (Å²) in [5.41, 5.74) is 5.28. The van der Waals surface area contributed by atoms with E-state index >= 15 is 0 Å². The highest BCUT2D eigenvalue weighted by Gasteiger charge is 2.16. The first-order valence-electron chi connectivity index (χ1n) is 9.23. The van der Waals surface area contributed by atoms with Gasteiger partial charge in [0.05, 0.1) is 12.8 Å². The summed E-state index contributed by atoms with van der Waals surface area (Å²) in [4.78, 5) is 19.4. The second-order valence-electron chi connectivity index (χ2n) is 6.61. The molecule has 148 valence electrons. The topological polar surface area (TPSA) is 51.1 Å². The van der Waals surface area contributed by atoms with E-state index in [4.69, 9.17) is 9.57 Å². The molecule has 0 saturated carbocycles. The van der Waals surface area contributed by atoms with Crippen molar-refractivity contribution in [2.45, 2.75) is 33.8 Å². The van der Waals surface area contributed by atoms with Gasteiger partial charge in [-0.1, -0.05) is 53.2 Å². The second kappa shape index (κ2) is 9.74. The minimum atomic E-state index is -0.379. The summed E-state index contributed by atoms with van der Waals surface area (Å²) in [6.07, 6.45) is 1.58. The third-order valence-corrected chi connectivity index (χ3v) is 4.54. The van der Waals surface area contributed by atoms with Gasteiger partial charge in [0, 0.05) is 18.3 Å². The molecular weight excluding hydrogens is 352 g/mol. The van der Waals surface area contributed by atoms with E-state index < -0.39 is 0 Å². The molecule has 28 heavy (non-hydrogen) atoms. The number of esters is 1. The molecule has 0 aliphatic rings. The first-order chi connectivity index (χ1) is 13.4. The van der Waals surface area contributed by atoms with Crippen LogP contribution in [0.15, 0.2) is 65.5 Å². The van der Waals surface area contributed by atoms with Gasteiger partial charge in [-0.05, 0) is 45.4 Å². The number of allylic oxidation sites excluding steroid dienone is 1. The van der Waals surface area contributed by atoms with Crippen LogP contribution in [0.2, 0.25) is 0 Å². The highest BCUT2D eigenvalue weighted by atomic mass is 16.6. The fraction of sp³-hybridized carbons (Fsp3) is 0.304. The van der Waals surface area contributed by atoms with Gasteiger partial charge >= 0.3 is 5.97 Å². The normalized spacial score (nSPS) is 13.1. The number of hydrogen-bond acceptors (Lipinski definition) is 5. The van der Waals surface area contributed by atoms with Crippen LogP contribution in [-0.4, -0.2) is 25.8 Å². The van der Waals surface area contributed by atoms with Gasteiger partial charge < -0.3 is 14.5 Å². The van der Waals surface area contributed by atoms with Gasteiger partial charge in [0.15, 0.2) is 0 Å². The van der Waals surface area contributed by atoms with Gasteiger partial charge in [0.2, 0.25) is 0 Å². The molecule has 5 heteroatoms. The predicted octanol–water partition coefficient (Wildman–Crippen LogP) is 5.01. The lowest BCUT2D eigenvalue weighted by Gasteiger charge is -2.21. The molecule has 0 bridgehead atoms. The van der Waals surface area contributed by atoms with E-state index in [9.17, 15) is 4.79 Å². The maximum atomic E-state index is 11.9. The molecule has 1 atom stereocenters. The van der Waals surface area contributed by atoms with Gasteiger partial charge in [-0.25, -0.2) is 4.79 Å². The van der Waals surface area contributed by atoms with Crippen molar-refractivity contribution < 1.29 is 14.4 Å². The Bertz CT molecular complexity index is 887. The van der Waals surface area contributed by atoms with Crippen molar-refractivity contribution in [3.63, 3.8) is 0 Å². The Morgan fingerprint density at radius 3 is 2.54 bits per heavy atom. The molecule has 0 fully saturated rings. The van der Waals surface area contributed by atoms with Crippen LogP contribution in [0.3, 0.4) is 0 Å². The Kier molecular flexibility index (Phi) is 7.38. The van der Waals surface area contributed by atoms with E-state index in [2.05, 4.69) is 24.2 Å². The highest BCUT2D eigenvalue weighted by molar-refractivity contribution is 5.99. The molecule has 0 heterocycles. The molecule has 2 aromatic carbocycles. The zero-order chi connectivity index (χ0) is 20.7. The molecular formula is C23H28N2O3. The maximum Gasteiger partial charge on any atom is 0.354 e. The largest absolute Gasteiger partial charge is 0.464 e. The summed E-state index contributed by atoms with van der Waals surface area (Å²) in [6.45, 7) is 7.74. The van der Waals surface area contributed by atoms with E-state index in [1.54, 1.807) is 17.9 Å². The van der Waals surface area contributed by atoms with Gasteiger partial charge in [0.1, 0.15) is 11.8 Å². The highest BCUT2D eigenvalue weighted by Crippen LogP contribution is 2.22. The minimum absolute atomic E-state index is 0.144. The molecule has 0 saturated heterocycles. The van der Waals surface area contributed by atoms with Crippen molar-refractivity contribution in [3.05, 3.63) is 77.0 Å². The average Bonchev–Trinajstić information content (AvgIpc) is 2.72. The van der Waals surface area contributed by atoms with Crippen LogP contribution >= 0.6 is 0 Å². The predicted molar refractivity (Wildman–Crippen MR) is 114 cm³/mol. The van der Waals surface area contributed by atoms with Crippen LogP contribution in [0, 0.1) is 6.92 Å². The fourth-order valence-electron chi connectivity index (χ4n) is 2.83. The summed E-state index contributed by atoms with van der Waals surface area (Å²) >= 11 is 0. The van der Waals surface area contributed by atoms with Crippen LogP contribution in [-0.2, 0) is 14.4 Å². The fourth-order valence-corrected chi connectivity index (χ4v) is 2.83. The van der Waals surface area contributed by atoms with Gasteiger partial charge in [0.25, 0.3) is 0 Å². The van der Waals surface area contributed by atoms with Gasteiger partial charge in [-0.15, -0.1) is 0 Å².